The lowest BCUT2D eigenvalue weighted by Crippen LogP contribution is -2.30. The predicted molar refractivity (Wildman–Crippen MR) is 90.7 cm³/mol. The van der Waals surface area contributed by atoms with E-state index in [1.807, 2.05) is 24.3 Å². The van der Waals surface area contributed by atoms with Crippen LogP contribution in [0.1, 0.15) is 43.8 Å². The van der Waals surface area contributed by atoms with Gasteiger partial charge in [0.1, 0.15) is 0 Å². The SMILES string of the molecule is O=C(CCCl)NCc1nn(C2CCCC2)c(=O)c2ccccc12. The number of hydrogen-bond acceptors (Lipinski definition) is 3. The number of aromatic nitrogens is 2. The first-order valence-electron chi connectivity index (χ1n) is 8.04. The molecule has 122 valence electrons. The number of fused-ring (bicyclic) bond motifs is 1. The molecule has 5 nitrogen and oxygen atoms in total. The second-order valence-corrected chi connectivity index (χ2v) is 6.27. The molecule has 0 bridgehead atoms. The first-order valence-corrected chi connectivity index (χ1v) is 8.57. The van der Waals surface area contributed by atoms with Gasteiger partial charge < -0.3 is 5.32 Å². The van der Waals surface area contributed by atoms with Gasteiger partial charge in [-0.3, -0.25) is 9.59 Å². The Morgan fingerprint density at radius 2 is 1.96 bits per heavy atom. The molecule has 23 heavy (non-hydrogen) atoms. The number of hydrogen-bond donors (Lipinski definition) is 1. The predicted octanol–water partition coefficient (Wildman–Crippen LogP) is 2.76. The van der Waals surface area contributed by atoms with Crippen molar-refractivity contribution in [3.8, 4) is 0 Å². The van der Waals surface area contributed by atoms with E-state index in [0.717, 1.165) is 36.8 Å². The molecule has 0 radical (unpaired) electrons. The molecule has 1 aromatic heterocycles. The fourth-order valence-electron chi connectivity index (χ4n) is 3.16. The van der Waals surface area contributed by atoms with Crippen LogP contribution in [0.4, 0.5) is 0 Å². The Hall–Kier alpha value is -1.88. The summed E-state index contributed by atoms with van der Waals surface area (Å²) in [5.74, 6) is 0.186. The largest absolute Gasteiger partial charge is 0.350 e. The number of nitrogens with zero attached hydrogens (tertiary/aromatic N) is 2. The molecule has 1 aromatic carbocycles. The van der Waals surface area contributed by atoms with Gasteiger partial charge in [-0.25, -0.2) is 4.68 Å². The van der Waals surface area contributed by atoms with Crippen molar-refractivity contribution >= 4 is 28.3 Å². The highest BCUT2D eigenvalue weighted by atomic mass is 35.5. The Kier molecular flexibility index (Phi) is 4.96. The molecule has 0 spiro atoms. The highest BCUT2D eigenvalue weighted by Crippen LogP contribution is 2.28. The Balaban J connectivity index is 1.99. The maximum Gasteiger partial charge on any atom is 0.274 e. The maximum absolute atomic E-state index is 12.7. The van der Waals surface area contributed by atoms with Gasteiger partial charge in [0.05, 0.1) is 23.7 Å². The van der Waals surface area contributed by atoms with Crippen LogP contribution in [0.3, 0.4) is 0 Å². The Morgan fingerprint density at radius 1 is 1.26 bits per heavy atom. The third-order valence-corrected chi connectivity index (χ3v) is 4.54. The van der Waals surface area contributed by atoms with E-state index in [-0.39, 0.29) is 23.9 Å². The van der Waals surface area contributed by atoms with Crippen LogP contribution in [0.25, 0.3) is 10.8 Å². The van der Waals surface area contributed by atoms with Crippen molar-refractivity contribution in [1.29, 1.82) is 0 Å². The molecule has 0 atom stereocenters. The highest BCUT2D eigenvalue weighted by molar-refractivity contribution is 6.18. The molecule has 3 rings (SSSR count). The molecule has 6 heteroatoms. The summed E-state index contributed by atoms with van der Waals surface area (Å²) >= 11 is 5.58. The topological polar surface area (TPSA) is 64.0 Å². The van der Waals surface area contributed by atoms with Gasteiger partial charge in [0.2, 0.25) is 5.91 Å². The number of halogens is 1. The smallest absolute Gasteiger partial charge is 0.274 e. The minimum atomic E-state index is -0.107. The standard InChI is InChI=1S/C17H20ClN3O2/c18-10-9-16(22)19-11-15-13-7-3-4-8-14(13)17(23)21(20-15)12-5-1-2-6-12/h3-4,7-8,12H,1-2,5-6,9-11H2,(H,19,22). The van der Waals surface area contributed by atoms with Gasteiger partial charge in [-0.15, -0.1) is 11.6 Å². The zero-order valence-corrected chi connectivity index (χ0v) is 13.7. The number of carbonyl (C=O) groups excluding carboxylic acids is 1. The highest BCUT2D eigenvalue weighted by Gasteiger charge is 2.21. The fraction of sp³-hybridized carbons (Fsp3) is 0.471. The lowest BCUT2D eigenvalue weighted by molar-refractivity contribution is -0.120. The van der Waals surface area contributed by atoms with Gasteiger partial charge in [-0.1, -0.05) is 31.0 Å². The van der Waals surface area contributed by atoms with Crippen LogP contribution in [-0.2, 0) is 11.3 Å². The van der Waals surface area contributed by atoms with E-state index in [1.54, 1.807) is 4.68 Å². The molecule has 1 aliphatic rings. The summed E-state index contributed by atoms with van der Waals surface area (Å²) in [5.41, 5.74) is 0.693. The van der Waals surface area contributed by atoms with E-state index in [2.05, 4.69) is 10.4 Å². The van der Waals surface area contributed by atoms with E-state index in [9.17, 15) is 9.59 Å². The van der Waals surface area contributed by atoms with Gasteiger partial charge in [0, 0.05) is 17.7 Å². The van der Waals surface area contributed by atoms with Crippen LogP contribution >= 0.6 is 11.6 Å². The van der Waals surface area contributed by atoms with Crippen molar-refractivity contribution in [2.45, 2.75) is 44.7 Å². The van der Waals surface area contributed by atoms with Crippen molar-refractivity contribution in [1.82, 2.24) is 15.1 Å². The van der Waals surface area contributed by atoms with E-state index in [1.165, 1.54) is 0 Å². The van der Waals surface area contributed by atoms with Crippen molar-refractivity contribution in [3.05, 3.63) is 40.3 Å². The van der Waals surface area contributed by atoms with Gasteiger partial charge in [-0.05, 0) is 18.9 Å². The molecular formula is C17H20ClN3O2. The van der Waals surface area contributed by atoms with Crippen LogP contribution in [0.2, 0.25) is 0 Å². The molecule has 1 saturated carbocycles. The summed E-state index contributed by atoms with van der Waals surface area (Å²) < 4.78 is 1.62. The van der Waals surface area contributed by atoms with Gasteiger partial charge in [0.15, 0.2) is 0 Å². The molecule has 1 heterocycles. The van der Waals surface area contributed by atoms with Crippen LogP contribution in [0, 0.1) is 0 Å². The van der Waals surface area contributed by atoms with Gasteiger partial charge in [0.25, 0.3) is 5.56 Å². The number of amides is 1. The second-order valence-electron chi connectivity index (χ2n) is 5.90. The van der Waals surface area contributed by atoms with Crippen molar-refractivity contribution in [3.63, 3.8) is 0 Å². The van der Waals surface area contributed by atoms with Crippen molar-refractivity contribution in [2.24, 2.45) is 0 Å². The molecule has 2 aromatic rings. The first-order chi connectivity index (χ1) is 11.2. The maximum atomic E-state index is 12.7. The molecule has 1 aliphatic carbocycles. The van der Waals surface area contributed by atoms with E-state index in [4.69, 9.17) is 11.6 Å². The zero-order valence-electron chi connectivity index (χ0n) is 12.9. The Morgan fingerprint density at radius 3 is 2.65 bits per heavy atom. The molecule has 0 unspecified atom stereocenters. The zero-order chi connectivity index (χ0) is 16.2. The van der Waals surface area contributed by atoms with Crippen LogP contribution < -0.4 is 10.9 Å². The monoisotopic (exact) mass is 333 g/mol. The summed E-state index contributed by atoms with van der Waals surface area (Å²) in [4.78, 5) is 24.4. The Bertz CT molecular complexity index is 766. The number of nitrogens with one attached hydrogen (secondary N) is 1. The van der Waals surface area contributed by atoms with Crippen LogP contribution in [-0.4, -0.2) is 21.6 Å². The average Bonchev–Trinajstić information content (AvgIpc) is 3.09. The molecule has 1 N–H and O–H groups in total. The first kappa shape index (κ1) is 16.0. The van der Waals surface area contributed by atoms with Crippen LogP contribution in [0.5, 0.6) is 0 Å². The van der Waals surface area contributed by atoms with Gasteiger partial charge >= 0.3 is 0 Å². The quantitative estimate of drug-likeness (QED) is 0.856. The summed E-state index contributed by atoms with van der Waals surface area (Å²) in [6.07, 6.45) is 4.52. The third-order valence-electron chi connectivity index (χ3n) is 4.35. The molecular weight excluding hydrogens is 314 g/mol. The Labute approximate surface area is 139 Å². The minimum Gasteiger partial charge on any atom is -0.350 e. The van der Waals surface area contributed by atoms with Crippen molar-refractivity contribution in [2.75, 3.05) is 5.88 Å². The molecule has 0 saturated heterocycles. The summed E-state index contributed by atoms with van der Waals surface area (Å²) in [6.45, 7) is 0.309. The minimum absolute atomic E-state index is 0.0386. The lowest BCUT2D eigenvalue weighted by Gasteiger charge is -2.16. The van der Waals surface area contributed by atoms with Gasteiger partial charge in [-0.2, -0.15) is 5.10 Å². The number of rotatable bonds is 5. The number of carbonyl (C=O) groups is 1. The number of alkyl halides is 1. The average molecular weight is 334 g/mol. The van der Waals surface area contributed by atoms with Crippen molar-refractivity contribution < 1.29 is 4.79 Å². The lowest BCUT2D eigenvalue weighted by atomic mass is 10.1. The third kappa shape index (κ3) is 3.39. The number of benzene rings is 1. The summed E-state index contributed by atoms with van der Waals surface area (Å²) in [6, 6.07) is 7.62. The van der Waals surface area contributed by atoms with E-state index >= 15 is 0 Å². The summed E-state index contributed by atoms with van der Waals surface area (Å²) in [7, 11) is 0. The normalized spacial score (nSPS) is 15.2. The van der Waals surface area contributed by atoms with E-state index < -0.39 is 0 Å². The molecule has 1 fully saturated rings. The second kappa shape index (κ2) is 7.13. The van der Waals surface area contributed by atoms with Crippen LogP contribution in [0.15, 0.2) is 29.1 Å². The fourth-order valence-corrected chi connectivity index (χ4v) is 3.33. The van der Waals surface area contributed by atoms with E-state index in [0.29, 0.717) is 17.8 Å². The molecule has 0 aliphatic heterocycles. The summed E-state index contributed by atoms with van der Waals surface area (Å²) in [5, 5.41) is 8.87. The molecule has 1 amide bonds.